The lowest BCUT2D eigenvalue weighted by Gasteiger charge is -2.41. The first-order chi connectivity index (χ1) is 11.5. The van der Waals surface area contributed by atoms with Gasteiger partial charge in [-0.25, -0.2) is 0 Å². The largest absolute Gasteiger partial charge is 0.381 e. The van der Waals surface area contributed by atoms with Gasteiger partial charge in [0.25, 0.3) is 0 Å². The molecule has 0 aliphatic carbocycles. The fraction of sp³-hybridized carbons (Fsp3) is 0.632. The van der Waals surface area contributed by atoms with E-state index in [0.29, 0.717) is 12.1 Å². The van der Waals surface area contributed by atoms with Gasteiger partial charge >= 0.3 is 0 Å². The predicted octanol–water partition coefficient (Wildman–Crippen LogP) is 3.08. The molecule has 1 aromatic carbocycles. The van der Waals surface area contributed by atoms with Crippen LogP contribution >= 0.6 is 24.0 Å². The average Bonchev–Trinajstić information content (AvgIpc) is 2.60. The summed E-state index contributed by atoms with van der Waals surface area (Å²) < 4.78 is 5.60. The van der Waals surface area contributed by atoms with E-state index in [1.165, 1.54) is 5.56 Å². The molecule has 1 unspecified atom stereocenters. The van der Waals surface area contributed by atoms with E-state index in [4.69, 9.17) is 4.74 Å². The van der Waals surface area contributed by atoms with E-state index < -0.39 is 0 Å². The Kier molecular flexibility index (Phi) is 9.74. The molecule has 1 heterocycles. The number of hydrogen-bond acceptors (Lipinski definition) is 3. The van der Waals surface area contributed by atoms with Crippen LogP contribution in [-0.2, 0) is 4.74 Å². The van der Waals surface area contributed by atoms with Crippen LogP contribution < -0.4 is 16.0 Å². The average molecular weight is 460 g/mol. The summed E-state index contributed by atoms with van der Waals surface area (Å²) in [6, 6.07) is 11.3. The Morgan fingerprint density at radius 3 is 2.36 bits per heavy atom. The van der Waals surface area contributed by atoms with Gasteiger partial charge in [-0.1, -0.05) is 30.3 Å². The van der Waals surface area contributed by atoms with E-state index in [9.17, 15) is 0 Å². The third-order valence-electron chi connectivity index (χ3n) is 4.52. The topological polar surface area (TPSA) is 57.7 Å². The summed E-state index contributed by atoms with van der Waals surface area (Å²) in [7, 11) is 1.81. The number of nitrogens with one attached hydrogen (secondary N) is 3. The van der Waals surface area contributed by atoms with Crippen LogP contribution in [0.5, 0.6) is 0 Å². The van der Waals surface area contributed by atoms with Crippen molar-refractivity contribution in [2.24, 2.45) is 4.99 Å². The van der Waals surface area contributed by atoms with Crippen molar-refractivity contribution in [2.75, 3.05) is 26.8 Å². The SMILES string of the molecule is CN=C(NCC1(NC(C)c2ccccc2)CCOCC1)NC(C)C.I. The molecule has 6 heteroatoms. The second-order valence-electron chi connectivity index (χ2n) is 6.89. The molecule has 0 saturated carbocycles. The molecule has 0 radical (unpaired) electrons. The number of halogens is 1. The molecule has 1 saturated heterocycles. The number of benzene rings is 1. The molecular formula is C19H33IN4O. The molecule has 0 spiro atoms. The van der Waals surface area contributed by atoms with Crippen LogP contribution in [0.4, 0.5) is 0 Å². The predicted molar refractivity (Wildman–Crippen MR) is 116 cm³/mol. The molecule has 1 aromatic rings. The molecular weight excluding hydrogens is 427 g/mol. The second-order valence-corrected chi connectivity index (χ2v) is 6.89. The Morgan fingerprint density at radius 1 is 1.16 bits per heavy atom. The van der Waals surface area contributed by atoms with Gasteiger partial charge in [-0.05, 0) is 39.2 Å². The number of rotatable bonds is 6. The van der Waals surface area contributed by atoms with Crippen LogP contribution in [0.25, 0.3) is 0 Å². The highest BCUT2D eigenvalue weighted by molar-refractivity contribution is 14.0. The van der Waals surface area contributed by atoms with Gasteiger partial charge in [-0.3, -0.25) is 4.99 Å². The Balaban J connectivity index is 0.00000312. The van der Waals surface area contributed by atoms with Gasteiger partial charge in [0.2, 0.25) is 0 Å². The van der Waals surface area contributed by atoms with Gasteiger partial charge in [0.05, 0.1) is 0 Å². The highest BCUT2D eigenvalue weighted by Gasteiger charge is 2.34. The number of guanidine groups is 1. The molecule has 0 amide bonds. The van der Waals surface area contributed by atoms with Crippen molar-refractivity contribution in [1.29, 1.82) is 0 Å². The zero-order chi connectivity index (χ0) is 17.4. The Morgan fingerprint density at radius 2 is 1.80 bits per heavy atom. The molecule has 1 fully saturated rings. The highest BCUT2D eigenvalue weighted by Crippen LogP contribution is 2.25. The summed E-state index contributed by atoms with van der Waals surface area (Å²) in [6.45, 7) is 8.89. The normalized spacial score (nSPS) is 18.4. The monoisotopic (exact) mass is 460 g/mol. The minimum atomic E-state index is 0. The lowest BCUT2D eigenvalue weighted by molar-refractivity contribution is 0.0354. The van der Waals surface area contributed by atoms with Crippen LogP contribution in [0.2, 0.25) is 0 Å². The Labute approximate surface area is 169 Å². The first-order valence-corrected chi connectivity index (χ1v) is 8.92. The van der Waals surface area contributed by atoms with Gasteiger partial charge in [0.15, 0.2) is 5.96 Å². The molecule has 142 valence electrons. The fourth-order valence-corrected chi connectivity index (χ4v) is 3.14. The number of ether oxygens (including phenoxy) is 1. The van der Waals surface area contributed by atoms with Gasteiger partial charge in [-0.2, -0.15) is 0 Å². The van der Waals surface area contributed by atoms with Crippen LogP contribution in [0.15, 0.2) is 35.3 Å². The molecule has 5 nitrogen and oxygen atoms in total. The van der Waals surface area contributed by atoms with Crippen molar-refractivity contribution in [3.05, 3.63) is 35.9 Å². The summed E-state index contributed by atoms with van der Waals surface area (Å²) in [5.41, 5.74) is 1.33. The van der Waals surface area contributed by atoms with E-state index in [0.717, 1.165) is 38.6 Å². The zero-order valence-corrected chi connectivity index (χ0v) is 18.2. The molecule has 1 aliphatic heterocycles. The first kappa shape index (κ1) is 22.2. The molecule has 3 N–H and O–H groups in total. The van der Waals surface area contributed by atoms with Crippen molar-refractivity contribution in [3.8, 4) is 0 Å². The number of nitrogens with zero attached hydrogens (tertiary/aromatic N) is 1. The lowest BCUT2D eigenvalue weighted by atomic mass is 9.88. The fourth-order valence-electron chi connectivity index (χ4n) is 3.14. The van der Waals surface area contributed by atoms with E-state index in [2.05, 4.69) is 72.0 Å². The summed E-state index contributed by atoms with van der Waals surface area (Å²) >= 11 is 0. The van der Waals surface area contributed by atoms with Crippen LogP contribution in [0.3, 0.4) is 0 Å². The number of aliphatic imine (C=N–C) groups is 1. The second kappa shape index (κ2) is 11.0. The third-order valence-corrected chi connectivity index (χ3v) is 4.52. The third kappa shape index (κ3) is 7.11. The summed E-state index contributed by atoms with van der Waals surface area (Å²) in [5, 5.41) is 10.7. The molecule has 1 aliphatic rings. The van der Waals surface area contributed by atoms with Gasteiger partial charge < -0.3 is 20.7 Å². The minimum Gasteiger partial charge on any atom is -0.381 e. The summed E-state index contributed by atoms with van der Waals surface area (Å²) in [4.78, 5) is 4.32. The standard InChI is InChI=1S/C19H32N4O.HI/c1-15(2)22-18(20-4)21-14-19(10-12-24-13-11-19)23-16(3)17-8-6-5-7-9-17;/h5-9,15-16,23H,10-14H2,1-4H3,(H2,20,21,22);1H. The lowest BCUT2D eigenvalue weighted by Crippen LogP contribution is -2.58. The maximum atomic E-state index is 5.60. The summed E-state index contributed by atoms with van der Waals surface area (Å²) in [6.07, 6.45) is 1.99. The van der Waals surface area contributed by atoms with Crippen LogP contribution in [-0.4, -0.2) is 44.3 Å². The molecule has 25 heavy (non-hydrogen) atoms. The van der Waals surface area contributed by atoms with E-state index in [1.54, 1.807) is 0 Å². The quantitative estimate of drug-likeness (QED) is 0.347. The van der Waals surface area contributed by atoms with Crippen LogP contribution in [0.1, 0.15) is 45.2 Å². The highest BCUT2D eigenvalue weighted by atomic mass is 127. The molecule has 0 bridgehead atoms. The van der Waals surface area contributed by atoms with Gasteiger partial charge in [-0.15, -0.1) is 24.0 Å². The van der Waals surface area contributed by atoms with Crippen LogP contribution in [0, 0.1) is 0 Å². The Bertz CT molecular complexity index is 515. The molecule has 0 aromatic heterocycles. The maximum absolute atomic E-state index is 5.60. The van der Waals surface area contributed by atoms with E-state index in [-0.39, 0.29) is 29.5 Å². The van der Waals surface area contributed by atoms with Crippen molar-refractivity contribution in [2.45, 2.75) is 51.2 Å². The zero-order valence-electron chi connectivity index (χ0n) is 15.8. The smallest absolute Gasteiger partial charge is 0.191 e. The number of hydrogen-bond donors (Lipinski definition) is 3. The van der Waals surface area contributed by atoms with Gasteiger partial charge in [0, 0.05) is 44.4 Å². The molecule has 2 rings (SSSR count). The van der Waals surface area contributed by atoms with E-state index in [1.807, 2.05) is 7.05 Å². The maximum Gasteiger partial charge on any atom is 0.191 e. The van der Waals surface area contributed by atoms with Crippen molar-refractivity contribution in [1.82, 2.24) is 16.0 Å². The molecule has 1 atom stereocenters. The first-order valence-electron chi connectivity index (χ1n) is 8.92. The van der Waals surface area contributed by atoms with Crippen molar-refractivity contribution < 1.29 is 4.74 Å². The van der Waals surface area contributed by atoms with Crippen molar-refractivity contribution in [3.63, 3.8) is 0 Å². The van der Waals surface area contributed by atoms with Gasteiger partial charge in [0.1, 0.15) is 0 Å². The summed E-state index contributed by atoms with van der Waals surface area (Å²) in [5.74, 6) is 0.852. The Hall–Kier alpha value is -0.860. The van der Waals surface area contributed by atoms with E-state index >= 15 is 0 Å². The van der Waals surface area contributed by atoms with Crippen molar-refractivity contribution >= 4 is 29.9 Å². The minimum absolute atomic E-state index is 0.